The van der Waals surface area contributed by atoms with E-state index in [4.69, 9.17) is 0 Å². The highest BCUT2D eigenvalue weighted by Crippen LogP contribution is 2.38. The lowest BCUT2D eigenvalue weighted by Gasteiger charge is -2.14. The number of benzene rings is 2. The zero-order chi connectivity index (χ0) is 18.1. The van der Waals surface area contributed by atoms with Gasteiger partial charge in [0.2, 0.25) is 0 Å². The van der Waals surface area contributed by atoms with Crippen LogP contribution in [0.4, 0.5) is 0 Å². The lowest BCUT2D eigenvalue weighted by molar-refractivity contribution is -0.136. The molecule has 3 aromatic rings. The van der Waals surface area contributed by atoms with Crippen LogP contribution in [0.3, 0.4) is 0 Å². The number of H-pyrrole nitrogens is 1. The number of fused-ring (bicyclic) bond motifs is 1. The highest BCUT2D eigenvalue weighted by atomic mass is 16.2. The maximum atomic E-state index is 13.2. The van der Waals surface area contributed by atoms with E-state index in [1.165, 1.54) is 4.90 Å². The predicted octanol–water partition coefficient (Wildman–Crippen LogP) is 4.25. The number of aromatic amines is 1. The molecule has 2 aromatic carbocycles. The van der Waals surface area contributed by atoms with Crippen LogP contribution in [-0.4, -0.2) is 28.2 Å². The van der Waals surface area contributed by atoms with Crippen molar-refractivity contribution >= 4 is 33.9 Å². The van der Waals surface area contributed by atoms with Crippen LogP contribution in [0, 0.1) is 0 Å². The lowest BCUT2D eigenvalue weighted by atomic mass is 9.96. The Morgan fingerprint density at radius 2 is 1.58 bits per heavy atom. The Labute approximate surface area is 152 Å². The average molecular weight is 344 g/mol. The van der Waals surface area contributed by atoms with Crippen LogP contribution in [-0.2, 0) is 9.59 Å². The van der Waals surface area contributed by atoms with Gasteiger partial charge in [-0.2, -0.15) is 0 Å². The van der Waals surface area contributed by atoms with Gasteiger partial charge < -0.3 is 4.98 Å². The molecule has 0 fully saturated rings. The minimum Gasteiger partial charge on any atom is -0.361 e. The molecular weight excluding hydrogens is 324 g/mol. The molecule has 0 spiro atoms. The number of imide groups is 1. The Hall–Kier alpha value is -3.14. The normalized spacial score (nSPS) is 14.7. The third-order valence-corrected chi connectivity index (χ3v) is 4.82. The van der Waals surface area contributed by atoms with Gasteiger partial charge in [-0.3, -0.25) is 14.5 Å². The average Bonchev–Trinajstić information content (AvgIpc) is 3.20. The fourth-order valence-electron chi connectivity index (χ4n) is 3.50. The van der Waals surface area contributed by atoms with E-state index in [0.29, 0.717) is 17.7 Å². The van der Waals surface area contributed by atoms with Crippen LogP contribution >= 0.6 is 0 Å². The standard InChI is InChI=1S/C22H20N2O2/c1-2-3-13-24-21(25)19(15-9-5-4-6-10-15)20(22(24)26)17-14-23-18-12-8-7-11-16(17)18/h4-12,14,23H,2-3,13H2,1H3. The molecule has 2 amide bonds. The number of nitrogens with one attached hydrogen (secondary N) is 1. The third-order valence-electron chi connectivity index (χ3n) is 4.82. The maximum absolute atomic E-state index is 13.2. The molecule has 4 heteroatoms. The van der Waals surface area contributed by atoms with Gasteiger partial charge in [-0.25, -0.2) is 0 Å². The fraction of sp³-hybridized carbons (Fsp3) is 0.182. The Balaban J connectivity index is 1.93. The Morgan fingerprint density at radius 1 is 0.885 bits per heavy atom. The number of rotatable bonds is 5. The molecule has 1 aliphatic rings. The number of nitrogens with zero attached hydrogens (tertiary/aromatic N) is 1. The van der Waals surface area contributed by atoms with E-state index in [9.17, 15) is 9.59 Å². The first kappa shape index (κ1) is 16.3. The molecule has 0 saturated carbocycles. The third kappa shape index (κ3) is 2.54. The van der Waals surface area contributed by atoms with Gasteiger partial charge in [0.25, 0.3) is 11.8 Å². The lowest BCUT2D eigenvalue weighted by Crippen LogP contribution is -2.32. The molecule has 0 bridgehead atoms. The molecule has 26 heavy (non-hydrogen) atoms. The zero-order valence-electron chi connectivity index (χ0n) is 14.7. The molecular formula is C22H20N2O2. The van der Waals surface area contributed by atoms with Gasteiger partial charge in [0.1, 0.15) is 0 Å². The van der Waals surface area contributed by atoms with E-state index in [0.717, 1.165) is 34.9 Å². The summed E-state index contributed by atoms with van der Waals surface area (Å²) < 4.78 is 0. The summed E-state index contributed by atoms with van der Waals surface area (Å²) in [5.74, 6) is -0.401. The van der Waals surface area contributed by atoms with Gasteiger partial charge >= 0.3 is 0 Å². The molecule has 0 radical (unpaired) electrons. The predicted molar refractivity (Wildman–Crippen MR) is 103 cm³/mol. The summed E-state index contributed by atoms with van der Waals surface area (Å²) in [6.45, 7) is 2.51. The Kier molecular flexibility index (Phi) is 4.17. The van der Waals surface area contributed by atoms with Crippen LogP contribution in [0.5, 0.6) is 0 Å². The van der Waals surface area contributed by atoms with Crippen molar-refractivity contribution in [1.29, 1.82) is 0 Å². The first-order valence-corrected chi connectivity index (χ1v) is 8.94. The summed E-state index contributed by atoms with van der Waals surface area (Å²) >= 11 is 0. The minimum atomic E-state index is -0.202. The van der Waals surface area contributed by atoms with Crippen LogP contribution in [0.25, 0.3) is 22.0 Å². The summed E-state index contributed by atoms with van der Waals surface area (Å²) in [4.78, 5) is 30.9. The summed E-state index contributed by atoms with van der Waals surface area (Å²) in [6.07, 6.45) is 3.57. The number of hydrogen-bond donors (Lipinski definition) is 1. The molecule has 0 saturated heterocycles. The molecule has 0 aliphatic carbocycles. The quantitative estimate of drug-likeness (QED) is 0.704. The molecule has 0 unspecified atom stereocenters. The van der Waals surface area contributed by atoms with Crippen LogP contribution in [0.1, 0.15) is 30.9 Å². The molecule has 1 N–H and O–H groups in total. The number of carbonyl (C=O) groups is 2. The summed E-state index contributed by atoms with van der Waals surface area (Å²) in [5.41, 5.74) is 3.52. The molecule has 0 atom stereocenters. The first-order chi connectivity index (χ1) is 12.7. The van der Waals surface area contributed by atoms with Gasteiger partial charge in [-0.1, -0.05) is 61.9 Å². The van der Waals surface area contributed by atoms with E-state index in [1.807, 2.05) is 60.8 Å². The number of amides is 2. The minimum absolute atomic E-state index is 0.199. The molecule has 130 valence electrons. The monoisotopic (exact) mass is 344 g/mol. The van der Waals surface area contributed by atoms with Gasteiger partial charge in [-0.05, 0) is 18.1 Å². The second-order valence-corrected chi connectivity index (χ2v) is 6.48. The van der Waals surface area contributed by atoms with Crippen molar-refractivity contribution in [2.24, 2.45) is 0 Å². The van der Waals surface area contributed by atoms with E-state index in [2.05, 4.69) is 11.9 Å². The van der Waals surface area contributed by atoms with Crippen molar-refractivity contribution in [2.75, 3.05) is 6.54 Å². The van der Waals surface area contributed by atoms with Crippen molar-refractivity contribution in [1.82, 2.24) is 9.88 Å². The SMILES string of the molecule is CCCCN1C(=O)C(c2ccccc2)=C(c2c[nH]c3ccccc23)C1=O. The summed E-state index contributed by atoms with van der Waals surface area (Å²) in [6, 6.07) is 17.3. The van der Waals surface area contributed by atoms with Crippen LogP contribution in [0.2, 0.25) is 0 Å². The second kappa shape index (κ2) is 6.64. The smallest absolute Gasteiger partial charge is 0.262 e. The topological polar surface area (TPSA) is 53.2 Å². The number of unbranched alkanes of at least 4 members (excludes halogenated alkanes) is 1. The van der Waals surface area contributed by atoms with Gasteiger partial charge in [0.15, 0.2) is 0 Å². The summed E-state index contributed by atoms with van der Waals surface area (Å²) in [5, 5.41) is 0.953. The van der Waals surface area contributed by atoms with E-state index >= 15 is 0 Å². The maximum Gasteiger partial charge on any atom is 0.262 e. The highest BCUT2D eigenvalue weighted by Gasteiger charge is 2.39. The van der Waals surface area contributed by atoms with E-state index in [-0.39, 0.29) is 11.8 Å². The Bertz CT molecular complexity index is 1010. The number of hydrogen-bond acceptors (Lipinski definition) is 2. The fourth-order valence-corrected chi connectivity index (χ4v) is 3.50. The second-order valence-electron chi connectivity index (χ2n) is 6.48. The van der Waals surface area contributed by atoms with Crippen LogP contribution in [0.15, 0.2) is 60.8 Å². The van der Waals surface area contributed by atoms with E-state index in [1.54, 1.807) is 0 Å². The van der Waals surface area contributed by atoms with Crippen molar-refractivity contribution in [3.8, 4) is 0 Å². The number of aromatic nitrogens is 1. The molecule has 1 aromatic heterocycles. The van der Waals surface area contributed by atoms with E-state index < -0.39 is 0 Å². The highest BCUT2D eigenvalue weighted by molar-refractivity contribution is 6.49. The number of carbonyl (C=O) groups excluding carboxylic acids is 2. The summed E-state index contributed by atoms with van der Waals surface area (Å²) in [7, 11) is 0. The first-order valence-electron chi connectivity index (χ1n) is 8.94. The molecule has 2 heterocycles. The van der Waals surface area contributed by atoms with Gasteiger partial charge in [-0.15, -0.1) is 0 Å². The molecule has 4 rings (SSSR count). The van der Waals surface area contributed by atoms with Gasteiger partial charge in [0.05, 0.1) is 11.1 Å². The van der Waals surface area contributed by atoms with Crippen LogP contribution < -0.4 is 0 Å². The van der Waals surface area contributed by atoms with Crippen molar-refractivity contribution in [2.45, 2.75) is 19.8 Å². The Morgan fingerprint density at radius 3 is 2.35 bits per heavy atom. The molecule has 1 aliphatic heterocycles. The number of para-hydroxylation sites is 1. The van der Waals surface area contributed by atoms with Crippen molar-refractivity contribution < 1.29 is 9.59 Å². The van der Waals surface area contributed by atoms with Crippen molar-refractivity contribution in [3.63, 3.8) is 0 Å². The van der Waals surface area contributed by atoms with Crippen molar-refractivity contribution in [3.05, 3.63) is 71.9 Å². The molecule has 4 nitrogen and oxygen atoms in total. The van der Waals surface area contributed by atoms with Gasteiger partial charge in [0, 0.05) is 29.2 Å². The largest absolute Gasteiger partial charge is 0.361 e. The zero-order valence-corrected chi connectivity index (χ0v) is 14.7.